The van der Waals surface area contributed by atoms with E-state index in [0.717, 1.165) is 12.8 Å². The van der Waals surface area contributed by atoms with Crippen molar-refractivity contribution in [2.75, 3.05) is 13.1 Å². The maximum absolute atomic E-state index is 12.6. The van der Waals surface area contributed by atoms with Crippen LogP contribution in [0.15, 0.2) is 29.7 Å². The van der Waals surface area contributed by atoms with Crippen molar-refractivity contribution in [1.29, 1.82) is 0 Å². The molecule has 0 radical (unpaired) electrons. The number of nitrogens with zero attached hydrogens (tertiary/aromatic N) is 5. The molecule has 0 bridgehead atoms. The van der Waals surface area contributed by atoms with Gasteiger partial charge in [-0.1, -0.05) is 0 Å². The molecule has 25 heavy (non-hydrogen) atoms. The Bertz CT molecular complexity index is 806. The van der Waals surface area contributed by atoms with Gasteiger partial charge in [0.05, 0.1) is 19.1 Å². The zero-order valence-corrected chi connectivity index (χ0v) is 14.4. The van der Waals surface area contributed by atoms with Gasteiger partial charge in [-0.2, -0.15) is 0 Å². The van der Waals surface area contributed by atoms with E-state index in [2.05, 4.69) is 15.0 Å². The van der Waals surface area contributed by atoms with E-state index in [1.165, 1.54) is 10.9 Å². The molecule has 0 aliphatic carbocycles. The lowest BCUT2D eigenvalue weighted by molar-refractivity contribution is -0.134. The van der Waals surface area contributed by atoms with Crippen LogP contribution in [0.5, 0.6) is 5.88 Å². The van der Waals surface area contributed by atoms with Crippen molar-refractivity contribution in [1.82, 2.24) is 24.4 Å². The quantitative estimate of drug-likeness (QED) is 0.812. The van der Waals surface area contributed by atoms with Crippen molar-refractivity contribution < 1.29 is 9.53 Å². The number of carbonyl (C=O) groups excluding carboxylic acids is 1. The first-order chi connectivity index (χ1) is 12.0. The van der Waals surface area contributed by atoms with Crippen molar-refractivity contribution in [3.63, 3.8) is 0 Å². The number of rotatable bonds is 4. The van der Waals surface area contributed by atoms with E-state index in [-0.39, 0.29) is 24.1 Å². The molecule has 1 atom stereocenters. The highest BCUT2D eigenvalue weighted by Crippen LogP contribution is 2.16. The molecule has 1 saturated heterocycles. The molecule has 8 heteroatoms. The predicted molar refractivity (Wildman–Crippen MR) is 90.2 cm³/mol. The first-order valence-electron chi connectivity index (χ1n) is 8.27. The van der Waals surface area contributed by atoms with Crippen LogP contribution in [-0.2, 0) is 11.3 Å². The summed E-state index contributed by atoms with van der Waals surface area (Å²) in [5.74, 6) is 0.343. The van der Waals surface area contributed by atoms with Crippen molar-refractivity contribution >= 4 is 5.91 Å². The summed E-state index contributed by atoms with van der Waals surface area (Å²) >= 11 is 0. The number of aromatic nitrogens is 4. The zero-order valence-electron chi connectivity index (χ0n) is 14.4. The summed E-state index contributed by atoms with van der Waals surface area (Å²) < 4.78 is 7.16. The highest BCUT2D eigenvalue weighted by molar-refractivity contribution is 5.76. The van der Waals surface area contributed by atoms with Gasteiger partial charge in [-0.25, -0.2) is 9.97 Å². The van der Waals surface area contributed by atoms with Crippen molar-refractivity contribution in [3.8, 4) is 5.88 Å². The van der Waals surface area contributed by atoms with Crippen LogP contribution >= 0.6 is 0 Å². The highest BCUT2D eigenvalue weighted by atomic mass is 16.5. The van der Waals surface area contributed by atoms with Crippen LogP contribution in [0, 0.1) is 13.8 Å². The van der Waals surface area contributed by atoms with Gasteiger partial charge in [-0.05, 0) is 26.7 Å². The van der Waals surface area contributed by atoms with E-state index >= 15 is 0 Å². The summed E-state index contributed by atoms with van der Waals surface area (Å²) in [5.41, 5.74) is 1.08. The number of likely N-dealkylation sites (tertiary alicyclic amines) is 1. The van der Waals surface area contributed by atoms with Gasteiger partial charge in [0.1, 0.15) is 12.6 Å². The van der Waals surface area contributed by atoms with Crippen molar-refractivity contribution in [2.24, 2.45) is 0 Å². The summed E-state index contributed by atoms with van der Waals surface area (Å²) in [6.07, 6.45) is 7.71. The number of ether oxygens (including phenoxy) is 1. The van der Waals surface area contributed by atoms with Gasteiger partial charge in [0, 0.05) is 30.2 Å². The highest BCUT2D eigenvalue weighted by Gasteiger charge is 2.25. The number of hydrogen-bond donors (Lipinski definition) is 0. The van der Waals surface area contributed by atoms with E-state index in [9.17, 15) is 9.59 Å². The molecule has 1 aliphatic rings. The molecule has 3 heterocycles. The lowest BCUT2D eigenvalue weighted by atomic mass is 10.1. The maximum Gasteiger partial charge on any atom is 0.256 e. The third-order valence-electron chi connectivity index (χ3n) is 4.38. The molecule has 132 valence electrons. The van der Waals surface area contributed by atoms with E-state index < -0.39 is 0 Å². The summed E-state index contributed by atoms with van der Waals surface area (Å²) in [7, 11) is 0. The fourth-order valence-electron chi connectivity index (χ4n) is 2.81. The summed E-state index contributed by atoms with van der Waals surface area (Å²) in [6.45, 7) is 4.62. The number of piperidine rings is 1. The maximum atomic E-state index is 12.6. The molecule has 2 aromatic heterocycles. The van der Waals surface area contributed by atoms with Gasteiger partial charge in [-0.3, -0.25) is 19.1 Å². The fourth-order valence-corrected chi connectivity index (χ4v) is 2.81. The van der Waals surface area contributed by atoms with Crippen molar-refractivity contribution in [3.05, 3.63) is 46.5 Å². The number of hydrogen-bond acceptors (Lipinski definition) is 6. The minimum absolute atomic E-state index is 0.00911. The number of amides is 1. The summed E-state index contributed by atoms with van der Waals surface area (Å²) in [5, 5.41) is 0. The van der Waals surface area contributed by atoms with Crippen LogP contribution in [0.4, 0.5) is 0 Å². The fraction of sp³-hybridized carbons (Fsp3) is 0.471. The van der Waals surface area contributed by atoms with Crippen molar-refractivity contribution in [2.45, 2.75) is 39.3 Å². The lowest BCUT2D eigenvalue weighted by Gasteiger charge is -2.32. The van der Waals surface area contributed by atoms with Crippen LogP contribution in [0.25, 0.3) is 0 Å². The van der Waals surface area contributed by atoms with E-state index in [1.54, 1.807) is 37.3 Å². The van der Waals surface area contributed by atoms with Crippen LogP contribution in [-0.4, -0.2) is 49.5 Å². The van der Waals surface area contributed by atoms with Gasteiger partial charge < -0.3 is 9.64 Å². The molecule has 0 spiro atoms. The first kappa shape index (κ1) is 17.1. The summed E-state index contributed by atoms with van der Waals surface area (Å²) in [4.78, 5) is 38.8. The van der Waals surface area contributed by atoms with Gasteiger partial charge in [0.25, 0.3) is 5.56 Å². The van der Waals surface area contributed by atoms with Gasteiger partial charge in [-0.15, -0.1) is 0 Å². The third-order valence-corrected chi connectivity index (χ3v) is 4.38. The zero-order chi connectivity index (χ0) is 17.8. The first-order valence-corrected chi connectivity index (χ1v) is 8.27. The predicted octanol–water partition coefficient (Wildman–Crippen LogP) is 0.720. The largest absolute Gasteiger partial charge is 0.471 e. The molecule has 0 saturated carbocycles. The number of carbonyl (C=O) groups is 1. The van der Waals surface area contributed by atoms with Gasteiger partial charge in [0.2, 0.25) is 11.8 Å². The molecule has 0 N–H and O–H groups in total. The molecule has 1 aliphatic heterocycles. The Morgan fingerprint density at radius 3 is 2.92 bits per heavy atom. The average molecular weight is 343 g/mol. The summed E-state index contributed by atoms with van der Waals surface area (Å²) in [6, 6.07) is 0. The average Bonchev–Trinajstić information content (AvgIpc) is 2.63. The SMILES string of the molecule is Cc1ncn(CC(=O)N2CCC[C@@H](Oc3cnccn3)C2)c(=O)c1C. The second kappa shape index (κ2) is 7.42. The van der Waals surface area contributed by atoms with Crippen LogP contribution in [0.2, 0.25) is 0 Å². The minimum Gasteiger partial charge on any atom is -0.471 e. The van der Waals surface area contributed by atoms with Gasteiger partial charge in [0.15, 0.2) is 0 Å². The normalized spacial score (nSPS) is 17.4. The van der Waals surface area contributed by atoms with Crippen LogP contribution in [0.1, 0.15) is 24.1 Å². The topological polar surface area (TPSA) is 90.2 Å². The molecular weight excluding hydrogens is 322 g/mol. The molecule has 8 nitrogen and oxygen atoms in total. The van der Waals surface area contributed by atoms with E-state index in [0.29, 0.717) is 30.2 Å². The Morgan fingerprint density at radius 1 is 1.32 bits per heavy atom. The lowest BCUT2D eigenvalue weighted by Crippen LogP contribution is -2.46. The standard InChI is InChI=1S/C17H21N5O3/c1-12-13(2)20-11-22(17(12)24)10-16(23)21-7-3-4-14(9-21)25-15-8-18-5-6-19-15/h5-6,8,11,14H,3-4,7,9-10H2,1-2H3/t14-/m1/s1. The Morgan fingerprint density at radius 2 is 2.16 bits per heavy atom. The Hall–Kier alpha value is -2.77. The Kier molecular flexibility index (Phi) is 5.06. The molecule has 2 aromatic rings. The Labute approximate surface area is 145 Å². The molecular formula is C17H21N5O3. The minimum atomic E-state index is -0.176. The van der Waals surface area contributed by atoms with Crippen LogP contribution in [0.3, 0.4) is 0 Å². The Balaban J connectivity index is 1.64. The third kappa shape index (κ3) is 4.01. The second-order valence-electron chi connectivity index (χ2n) is 6.15. The van der Waals surface area contributed by atoms with E-state index in [1.807, 2.05) is 0 Å². The molecule has 1 amide bonds. The van der Waals surface area contributed by atoms with Gasteiger partial charge >= 0.3 is 0 Å². The molecule has 0 aromatic carbocycles. The number of aryl methyl sites for hydroxylation is 1. The van der Waals surface area contributed by atoms with Crippen LogP contribution < -0.4 is 10.3 Å². The molecule has 1 fully saturated rings. The van der Waals surface area contributed by atoms with E-state index in [4.69, 9.17) is 4.74 Å². The smallest absolute Gasteiger partial charge is 0.256 e. The monoisotopic (exact) mass is 343 g/mol. The second-order valence-corrected chi connectivity index (χ2v) is 6.15. The molecule has 0 unspecified atom stereocenters. The molecule has 3 rings (SSSR count).